The van der Waals surface area contributed by atoms with E-state index in [4.69, 9.17) is 5.73 Å². The van der Waals surface area contributed by atoms with E-state index in [2.05, 4.69) is 19.1 Å². The molecule has 0 aliphatic rings. The van der Waals surface area contributed by atoms with Crippen LogP contribution in [0.3, 0.4) is 0 Å². The van der Waals surface area contributed by atoms with Crippen LogP contribution in [-0.4, -0.2) is 11.5 Å². The number of carbonyl (C=O) groups excluding carboxylic acids is 1. The molecule has 3 heteroatoms. The Morgan fingerprint density at radius 2 is 2.00 bits per heavy atom. The predicted molar refractivity (Wildman–Crippen MR) is 65.1 cm³/mol. The first-order valence-electron chi connectivity index (χ1n) is 5.11. The minimum atomic E-state index is -0.164. The van der Waals surface area contributed by atoms with Crippen LogP contribution in [0.25, 0.3) is 0 Å². The lowest BCUT2D eigenvalue weighted by molar-refractivity contribution is -0.117. The van der Waals surface area contributed by atoms with Gasteiger partial charge >= 0.3 is 0 Å². The molecule has 0 amide bonds. The van der Waals surface area contributed by atoms with E-state index in [1.807, 2.05) is 12.1 Å². The quantitative estimate of drug-likeness (QED) is 0.781. The van der Waals surface area contributed by atoms with Crippen LogP contribution in [0.4, 0.5) is 0 Å². The number of ketones is 1. The van der Waals surface area contributed by atoms with Crippen molar-refractivity contribution in [3.8, 4) is 0 Å². The van der Waals surface area contributed by atoms with Gasteiger partial charge < -0.3 is 5.73 Å². The molecule has 0 bridgehead atoms. The Hall–Kier alpha value is -0.800. The fraction of sp³-hybridized carbons (Fsp3) is 0.417. The standard InChI is InChI=1S/C12H17NOS/c1-3-15-11-6-4-10(5-7-11)12(13)8-9(2)14/h4-7,12H,3,8,13H2,1-2H3. The monoisotopic (exact) mass is 223 g/mol. The molecule has 0 fully saturated rings. The van der Waals surface area contributed by atoms with Crippen LogP contribution in [0.2, 0.25) is 0 Å². The largest absolute Gasteiger partial charge is 0.324 e. The normalized spacial score (nSPS) is 12.5. The second-order valence-electron chi connectivity index (χ2n) is 3.51. The minimum absolute atomic E-state index is 0.134. The van der Waals surface area contributed by atoms with Gasteiger partial charge in [0, 0.05) is 17.4 Å². The van der Waals surface area contributed by atoms with Gasteiger partial charge in [-0.2, -0.15) is 0 Å². The van der Waals surface area contributed by atoms with Crippen molar-refractivity contribution >= 4 is 17.5 Å². The molecule has 1 atom stereocenters. The molecule has 0 heterocycles. The third-order valence-corrected chi connectivity index (χ3v) is 3.02. The highest BCUT2D eigenvalue weighted by molar-refractivity contribution is 7.99. The second-order valence-corrected chi connectivity index (χ2v) is 4.85. The highest BCUT2D eigenvalue weighted by Gasteiger charge is 2.08. The molecular weight excluding hydrogens is 206 g/mol. The molecule has 2 N–H and O–H groups in total. The summed E-state index contributed by atoms with van der Waals surface area (Å²) in [4.78, 5) is 12.2. The van der Waals surface area contributed by atoms with Gasteiger partial charge in [0.2, 0.25) is 0 Å². The topological polar surface area (TPSA) is 43.1 Å². The lowest BCUT2D eigenvalue weighted by Crippen LogP contribution is -2.13. The molecule has 2 nitrogen and oxygen atoms in total. The van der Waals surface area contributed by atoms with Crippen molar-refractivity contribution < 1.29 is 4.79 Å². The molecule has 1 unspecified atom stereocenters. The molecular formula is C12H17NOS. The Labute approximate surface area is 95.2 Å². The Balaban J connectivity index is 2.66. The van der Waals surface area contributed by atoms with Crippen LogP contribution in [0, 0.1) is 0 Å². The Bertz CT molecular complexity index is 321. The number of benzene rings is 1. The number of thioether (sulfide) groups is 1. The summed E-state index contributed by atoms with van der Waals surface area (Å²) in [6, 6.07) is 7.97. The van der Waals surface area contributed by atoms with Gasteiger partial charge in [0.25, 0.3) is 0 Å². The van der Waals surface area contributed by atoms with Crippen LogP contribution < -0.4 is 5.73 Å². The van der Waals surface area contributed by atoms with E-state index in [-0.39, 0.29) is 11.8 Å². The highest BCUT2D eigenvalue weighted by Crippen LogP contribution is 2.21. The summed E-state index contributed by atoms with van der Waals surface area (Å²) in [7, 11) is 0. The maximum Gasteiger partial charge on any atom is 0.131 e. The molecule has 1 aromatic rings. The molecule has 1 rings (SSSR count). The summed E-state index contributed by atoms with van der Waals surface area (Å²) in [6.45, 7) is 3.70. The molecule has 0 aromatic heterocycles. The maximum absolute atomic E-state index is 10.9. The SMILES string of the molecule is CCSc1ccc(C(N)CC(C)=O)cc1. The average Bonchev–Trinajstić information content (AvgIpc) is 2.18. The number of rotatable bonds is 5. The third-order valence-electron chi connectivity index (χ3n) is 2.13. The van der Waals surface area contributed by atoms with Crippen LogP contribution >= 0.6 is 11.8 Å². The summed E-state index contributed by atoms with van der Waals surface area (Å²) in [5.41, 5.74) is 6.93. The van der Waals surface area contributed by atoms with Crippen molar-refractivity contribution in [1.82, 2.24) is 0 Å². The molecule has 0 aliphatic heterocycles. The Morgan fingerprint density at radius 1 is 1.40 bits per heavy atom. The molecule has 0 saturated carbocycles. The number of Topliss-reactive ketones (excluding diaryl/α,β-unsaturated/α-hetero) is 1. The first-order valence-corrected chi connectivity index (χ1v) is 6.09. The Morgan fingerprint density at radius 3 is 2.47 bits per heavy atom. The van der Waals surface area contributed by atoms with Gasteiger partial charge in [0.05, 0.1) is 0 Å². The summed E-state index contributed by atoms with van der Waals surface area (Å²) in [6.07, 6.45) is 0.417. The fourth-order valence-electron chi connectivity index (χ4n) is 1.41. The maximum atomic E-state index is 10.9. The molecule has 0 spiro atoms. The van der Waals surface area contributed by atoms with Crippen LogP contribution in [0.15, 0.2) is 29.2 Å². The summed E-state index contributed by atoms with van der Waals surface area (Å²) >= 11 is 1.80. The molecule has 0 radical (unpaired) electrons. The molecule has 82 valence electrons. The van der Waals surface area contributed by atoms with E-state index in [9.17, 15) is 4.79 Å². The minimum Gasteiger partial charge on any atom is -0.324 e. The lowest BCUT2D eigenvalue weighted by Gasteiger charge is -2.10. The van der Waals surface area contributed by atoms with Gasteiger partial charge in [-0.3, -0.25) is 4.79 Å². The Kier molecular flexibility index (Phi) is 4.85. The van der Waals surface area contributed by atoms with Crippen LogP contribution in [0.5, 0.6) is 0 Å². The predicted octanol–water partition coefficient (Wildman–Crippen LogP) is 2.78. The molecule has 1 aromatic carbocycles. The van der Waals surface area contributed by atoms with Crippen molar-refractivity contribution in [1.29, 1.82) is 0 Å². The van der Waals surface area contributed by atoms with E-state index in [1.165, 1.54) is 4.90 Å². The van der Waals surface area contributed by atoms with E-state index < -0.39 is 0 Å². The third kappa shape index (κ3) is 4.06. The van der Waals surface area contributed by atoms with Gasteiger partial charge in [-0.05, 0) is 30.4 Å². The van der Waals surface area contributed by atoms with Crippen LogP contribution in [0.1, 0.15) is 31.9 Å². The van der Waals surface area contributed by atoms with E-state index >= 15 is 0 Å². The smallest absolute Gasteiger partial charge is 0.131 e. The summed E-state index contributed by atoms with van der Waals surface area (Å²) in [5, 5.41) is 0. The summed E-state index contributed by atoms with van der Waals surface area (Å²) < 4.78 is 0. The van der Waals surface area contributed by atoms with Gasteiger partial charge in [0.15, 0.2) is 0 Å². The van der Waals surface area contributed by atoms with E-state index in [0.29, 0.717) is 6.42 Å². The average molecular weight is 223 g/mol. The van der Waals surface area contributed by atoms with Crippen molar-refractivity contribution in [2.24, 2.45) is 5.73 Å². The van der Waals surface area contributed by atoms with E-state index in [0.717, 1.165) is 11.3 Å². The van der Waals surface area contributed by atoms with Crippen molar-refractivity contribution in [2.75, 3.05) is 5.75 Å². The van der Waals surface area contributed by atoms with Gasteiger partial charge in [0.1, 0.15) is 5.78 Å². The molecule has 0 aliphatic carbocycles. The highest BCUT2D eigenvalue weighted by atomic mass is 32.2. The number of hydrogen-bond acceptors (Lipinski definition) is 3. The number of nitrogens with two attached hydrogens (primary N) is 1. The van der Waals surface area contributed by atoms with Gasteiger partial charge in [-0.15, -0.1) is 11.8 Å². The van der Waals surface area contributed by atoms with E-state index in [1.54, 1.807) is 18.7 Å². The summed E-state index contributed by atoms with van der Waals surface area (Å²) in [5.74, 6) is 1.20. The van der Waals surface area contributed by atoms with Gasteiger partial charge in [-0.25, -0.2) is 0 Å². The number of carbonyl (C=O) groups is 1. The van der Waals surface area contributed by atoms with Gasteiger partial charge in [-0.1, -0.05) is 19.1 Å². The van der Waals surface area contributed by atoms with Crippen molar-refractivity contribution in [3.05, 3.63) is 29.8 Å². The zero-order valence-corrected chi connectivity index (χ0v) is 10.0. The first kappa shape index (κ1) is 12.3. The van der Waals surface area contributed by atoms with Crippen molar-refractivity contribution in [2.45, 2.75) is 31.2 Å². The first-order chi connectivity index (χ1) is 7.13. The van der Waals surface area contributed by atoms with Crippen LogP contribution in [-0.2, 0) is 4.79 Å². The number of hydrogen-bond donors (Lipinski definition) is 1. The fourth-order valence-corrected chi connectivity index (χ4v) is 2.07. The molecule has 0 saturated heterocycles. The molecule has 15 heavy (non-hydrogen) atoms. The lowest BCUT2D eigenvalue weighted by atomic mass is 10.0. The van der Waals surface area contributed by atoms with Crippen molar-refractivity contribution in [3.63, 3.8) is 0 Å². The second kappa shape index (κ2) is 5.93. The zero-order valence-electron chi connectivity index (χ0n) is 9.19. The zero-order chi connectivity index (χ0) is 11.3.